The molecule has 1 fully saturated rings. The van der Waals surface area contributed by atoms with Crippen LogP contribution in [0.15, 0.2) is 40.6 Å². The largest absolute Gasteiger partial charge is 0.477 e. The summed E-state index contributed by atoms with van der Waals surface area (Å²) in [6.07, 6.45) is -1.29. The molecule has 0 bridgehead atoms. The Kier molecular flexibility index (Phi) is 3.45. The van der Waals surface area contributed by atoms with Crippen LogP contribution in [0.2, 0.25) is 0 Å². The topological polar surface area (TPSA) is 120 Å². The van der Waals surface area contributed by atoms with E-state index in [2.05, 4.69) is 10.3 Å². The van der Waals surface area contributed by atoms with E-state index in [1.165, 1.54) is 0 Å². The van der Waals surface area contributed by atoms with Crippen molar-refractivity contribution in [1.29, 1.82) is 0 Å². The first-order chi connectivity index (χ1) is 14.4. The van der Waals surface area contributed by atoms with E-state index in [1.54, 1.807) is 0 Å². The van der Waals surface area contributed by atoms with Gasteiger partial charge in [0.05, 0.1) is 17.8 Å². The Morgan fingerprint density at radius 1 is 1.52 bits per heavy atom. The summed E-state index contributed by atoms with van der Waals surface area (Å²) in [6, 6.07) is -2.42. The zero-order valence-electron chi connectivity index (χ0n) is 18.4. The zero-order valence-corrected chi connectivity index (χ0v) is 14.0. The van der Waals surface area contributed by atoms with Gasteiger partial charge in [-0.15, -0.1) is 23.5 Å². The first kappa shape index (κ1) is 11.6. The third-order valence-corrected chi connectivity index (χ3v) is 5.46. The van der Waals surface area contributed by atoms with Crippen LogP contribution in [0.5, 0.6) is 0 Å². The van der Waals surface area contributed by atoms with Crippen molar-refractivity contribution in [3.63, 3.8) is 0 Å². The van der Waals surface area contributed by atoms with E-state index in [4.69, 9.17) is 8.22 Å². The van der Waals surface area contributed by atoms with Crippen molar-refractivity contribution in [2.24, 2.45) is 0 Å². The van der Waals surface area contributed by atoms with E-state index < -0.39 is 70.8 Å². The van der Waals surface area contributed by atoms with Crippen LogP contribution in [0.3, 0.4) is 0 Å². The normalized spacial score (nSPS) is 26.3. The van der Waals surface area contributed by atoms with Crippen LogP contribution in [0.1, 0.15) is 8.22 Å². The lowest BCUT2D eigenvalue weighted by Gasteiger charge is -2.49. The van der Waals surface area contributed by atoms with E-state index in [-0.39, 0.29) is 28.8 Å². The first-order valence-corrected chi connectivity index (χ1v) is 8.72. The van der Waals surface area contributed by atoms with Crippen molar-refractivity contribution in [2.75, 3.05) is 18.1 Å². The second kappa shape index (κ2) is 7.46. The summed E-state index contributed by atoms with van der Waals surface area (Å²) in [5.74, 6) is -3.32. The molecule has 0 aliphatic carbocycles. The van der Waals surface area contributed by atoms with Crippen molar-refractivity contribution in [1.82, 2.24) is 15.2 Å². The van der Waals surface area contributed by atoms with Crippen molar-refractivity contribution >= 4 is 41.3 Å². The Balaban J connectivity index is 1.78. The molecule has 3 N–H and O–H groups in total. The monoisotopic (exact) mass is 387 g/mol. The van der Waals surface area contributed by atoms with Gasteiger partial charge in [0.1, 0.15) is 17.1 Å². The molecular formula is C15H15N3O5S2. The molecule has 3 rings (SSSR count). The highest BCUT2D eigenvalue weighted by Gasteiger charge is 2.54. The molecule has 8 nitrogen and oxygen atoms in total. The van der Waals surface area contributed by atoms with Gasteiger partial charge in [-0.25, -0.2) is 4.79 Å². The molecule has 2 aliphatic rings. The molecule has 0 radical (unpaired) electrons. The molecule has 1 aromatic heterocycles. The van der Waals surface area contributed by atoms with Crippen molar-refractivity contribution in [3.8, 4) is 0 Å². The molecule has 1 aromatic rings. The predicted octanol–water partition coefficient (Wildman–Crippen LogP) is -0.0954. The third-order valence-electron chi connectivity index (χ3n) is 3.42. The summed E-state index contributed by atoms with van der Waals surface area (Å²) in [6.45, 7) is -0.547. The van der Waals surface area contributed by atoms with Gasteiger partial charge >= 0.3 is 5.97 Å². The number of carboxylic acids is 1. The fourth-order valence-electron chi connectivity index (χ4n) is 2.34. The number of pyridine rings is 1. The lowest BCUT2D eigenvalue weighted by atomic mass is 10.0. The maximum atomic E-state index is 12.5. The van der Waals surface area contributed by atoms with Gasteiger partial charge in [0.2, 0.25) is 5.91 Å². The summed E-state index contributed by atoms with van der Waals surface area (Å²) >= 11 is 1.26. The minimum atomic E-state index is -2.77. The number of hydrogen-bond donors (Lipinski definition) is 3. The number of nitrogens with zero attached hydrogens (tertiary/aromatic N) is 2. The minimum Gasteiger partial charge on any atom is -0.477 e. The molecule has 2 amide bonds. The third kappa shape index (κ3) is 3.51. The summed E-state index contributed by atoms with van der Waals surface area (Å²) in [4.78, 5) is 40.4. The molecule has 0 aromatic carbocycles. The number of rotatable bonds is 6. The predicted molar refractivity (Wildman–Crippen MR) is 91.7 cm³/mol. The molecule has 0 spiro atoms. The highest BCUT2D eigenvalue weighted by molar-refractivity contribution is 8.00. The summed E-state index contributed by atoms with van der Waals surface area (Å²) < 4.78 is 46.6. The molecule has 1 saturated heterocycles. The summed E-state index contributed by atoms with van der Waals surface area (Å²) in [5, 5.41) is 20.1. The molecule has 2 aliphatic heterocycles. The molecule has 0 unspecified atom stereocenters. The Morgan fingerprint density at radius 2 is 2.24 bits per heavy atom. The second-order valence-corrected chi connectivity index (χ2v) is 6.82. The van der Waals surface area contributed by atoms with Crippen LogP contribution < -0.4 is 5.32 Å². The number of fused-ring (bicyclic) bond motifs is 1. The van der Waals surface area contributed by atoms with Crippen molar-refractivity contribution < 1.29 is 32.8 Å². The number of nitrogens with one attached hydrogen (secondary N) is 1. The summed E-state index contributed by atoms with van der Waals surface area (Å²) in [5.41, 5.74) is -2.98. The average Bonchev–Trinajstić information content (AvgIpc) is 2.71. The molecule has 2 atom stereocenters. The van der Waals surface area contributed by atoms with Crippen LogP contribution in [0, 0.1) is 0 Å². The smallest absolute Gasteiger partial charge is 0.352 e. The number of aromatic nitrogens is 1. The number of β-lactam (4-membered cyclic amide) rings is 1. The number of thioether (sulfide) groups is 2. The van der Waals surface area contributed by atoms with Crippen molar-refractivity contribution in [3.05, 3.63) is 35.7 Å². The quantitative estimate of drug-likeness (QED) is 0.457. The van der Waals surface area contributed by atoms with Crippen LogP contribution in [-0.2, 0) is 14.4 Å². The molecule has 3 heterocycles. The van der Waals surface area contributed by atoms with Gasteiger partial charge in [0.15, 0.2) is 0 Å². The van der Waals surface area contributed by atoms with Gasteiger partial charge in [-0.05, 0) is 17.7 Å². The Labute approximate surface area is 160 Å². The fourth-order valence-corrected chi connectivity index (χ4v) is 4.12. The van der Waals surface area contributed by atoms with Crippen LogP contribution in [0.25, 0.3) is 0 Å². The number of carbonyl (C=O) groups is 3. The van der Waals surface area contributed by atoms with Gasteiger partial charge in [0.25, 0.3) is 5.91 Å². The van der Waals surface area contributed by atoms with E-state index in [1.807, 2.05) is 0 Å². The van der Waals surface area contributed by atoms with Gasteiger partial charge in [-0.3, -0.25) is 19.5 Å². The number of carboxylic acid groups (broad SMARTS) is 1. The highest BCUT2D eigenvalue weighted by atomic mass is 32.2. The van der Waals surface area contributed by atoms with Crippen LogP contribution in [-0.4, -0.2) is 67.4 Å². The zero-order chi connectivity index (χ0) is 23.2. The van der Waals surface area contributed by atoms with Gasteiger partial charge in [0, 0.05) is 25.7 Å². The fraction of sp³-hybridized carbons (Fsp3) is 0.333. The number of aliphatic carboxylic acids is 1. The molecular weight excluding hydrogens is 366 g/mol. The Hall–Kier alpha value is -2.04. The van der Waals surface area contributed by atoms with Crippen LogP contribution in [0.4, 0.5) is 0 Å². The van der Waals surface area contributed by atoms with Crippen molar-refractivity contribution in [2.45, 2.75) is 16.3 Å². The molecule has 0 saturated carbocycles. The molecule has 10 heteroatoms. The van der Waals surface area contributed by atoms with E-state index in [0.717, 1.165) is 16.7 Å². The molecule has 25 heavy (non-hydrogen) atoms. The van der Waals surface area contributed by atoms with E-state index in [9.17, 15) is 24.6 Å². The number of amides is 2. The maximum absolute atomic E-state index is 12.5. The second-order valence-electron chi connectivity index (χ2n) is 4.90. The van der Waals surface area contributed by atoms with Gasteiger partial charge < -0.3 is 15.5 Å². The van der Waals surface area contributed by atoms with Crippen LogP contribution >= 0.6 is 23.5 Å². The van der Waals surface area contributed by atoms with Gasteiger partial charge in [-0.2, -0.15) is 0 Å². The summed E-state index contributed by atoms with van der Waals surface area (Å²) in [7, 11) is 0. The lowest BCUT2D eigenvalue weighted by molar-refractivity contribution is -0.150. The van der Waals surface area contributed by atoms with E-state index >= 15 is 0 Å². The Morgan fingerprint density at radius 3 is 2.88 bits per heavy atom. The average molecular weight is 387 g/mol. The SMILES string of the molecule is [2H]c1nc([2H])c([2H])c(SC([2H])([2H])C(=O)N[C@@H]2C(=O)N3C(C(=O)O)=C(CO)CS[C@H]23)c1[2H]. The standard InChI is InChI=1S/C15H15N3O5S2/c19-5-8-6-25-14-11(13(21)18(14)12(8)15(22)23)17-10(20)7-24-9-1-3-16-4-2-9/h1-4,11,14,19H,5-7H2,(H,17,20)(H,22,23)/t11-,14-/m1/s1/i1D,2D,3D,4D,7D2. The minimum absolute atomic E-state index is 0.112. The number of aliphatic hydroxyl groups is 1. The lowest BCUT2D eigenvalue weighted by Crippen LogP contribution is -2.70. The molecule has 132 valence electrons. The Bertz CT molecular complexity index is 997. The highest BCUT2D eigenvalue weighted by Crippen LogP contribution is 2.40. The van der Waals surface area contributed by atoms with Gasteiger partial charge in [-0.1, -0.05) is 0 Å². The number of carbonyl (C=O) groups excluding carboxylic acids is 2. The first-order valence-electron chi connectivity index (χ1n) is 9.86. The number of hydrogen-bond acceptors (Lipinski definition) is 7. The number of aliphatic hydroxyl groups excluding tert-OH is 1. The van der Waals surface area contributed by atoms with E-state index in [0.29, 0.717) is 0 Å². The maximum Gasteiger partial charge on any atom is 0.352 e.